The Hall–Kier alpha value is -1.51. The fourth-order valence-corrected chi connectivity index (χ4v) is 2.16. The zero-order valence-electron chi connectivity index (χ0n) is 8.81. The first kappa shape index (κ1) is 8.77. The SMILES string of the molecule is CC1CCc2nc(-c3ccco3)cn2C1. The lowest BCUT2D eigenvalue weighted by atomic mass is 10.0. The summed E-state index contributed by atoms with van der Waals surface area (Å²) in [5.74, 6) is 2.82. The van der Waals surface area contributed by atoms with E-state index in [1.54, 1.807) is 6.26 Å². The van der Waals surface area contributed by atoms with Gasteiger partial charge in [-0.3, -0.25) is 0 Å². The third kappa shape index (κ3) is 1.48. The quantitative estimate of drug-likeness (QED) is 0.712. The van der Waals surface area contributed by atoms with Crippen molar-refractivity contribution < 1.29 is 4.42 Å². The molecule has 0 fully saturated rings. The van der Waals surface area contributed by atoms with Crippen LogP contribution in [-0.4, -0.2) is 9.55 Å². The highest BCUT2D eigenvalue weighted by atomic mass is 16.3. The third-order valence-corrected chi connectivity index (χ3v) is 3.00. The van der Waals surface area contributed by atoms with Crippen molar-refractivity contribution in [2.24, 2.45) is 5.92 Å². The molecule has 78 valence electrons. The van der Waals surface area contributed by atoms with Crippen molar-refractivity contribution in [3.8, 4) is 11.5 Å². The van der Waals surface area contributed by atoms with Gasteiger partial charge in [0.1, 0.15) is 11.5 Å². The number of fused-ring (bicyclic) bond motifs is 1. The summed E-state index contributed by atoms with van der Waals surface area (Å²) in [5, 5.41) is 0. The molecule has 3 heteroatoms. The number of aromatic nitrogens is 2. The van der Waals surface area contributed by atoms with Gasteiger partial charge in [-0.1, -0.05) is 6.92 Å². The van der Waals surface area contributed by atoms with Crippen molar-refractivity contribution >= 4 is 0 Å². The molecule has 0 aromatic carbocycles. The predicted molar refractivity (Wildman–Crippen MR) is 57.4 cm³/mol. The summed E-state index contributed by atoms with van der Waals surface area (Å²) in [4.78, 5) is 4.60. The molecule has 1 unspecified atom stereocenters. The van der Waals surface area contributed by atoms with Gasteiger partial charge in [0.05, 0.1) is 6.26 Å². The Kier molecular flexibility index (Phi) is 1.91. The summed E-state index contributed by atoms with van der Waals surface area (Å²) in [6.07, 6.45) is 6.12. The minimum Gasteiger partial charge on any atom is -0.463 e. The van der Waals surface area contributed by atoms with Gasteiger partial charge in [0.25, 0.3) is 0 Å². The molecule has 1 atom stereocenters. The van der Waals surface area contributed by atoms with Gasteiger partial charge in [-0.25, -0.2) is 4.98 Å². The maximum atomic E-state index is 5.35. The summed E-state index contributed by atoms with van der Waals surface area (Å²) in [6, 6.07) is 3.86. The summed E-state index contributed by atoms with van der Waals surface area (Å²) in [5.41, 5.74) is 0.962. The topological polar surface area (TPSA) is 31.0 Å². The van der Waals surface area contributed by atoms with Gasteiger partial charge >= 0.3 is 0 Å². The molecule has 3 rings (SSSR count). The van der Waals surface area contributed by atoms with Gasteiger partial charge in [-0.05, 0) is 24.5 Å². The number of rotatable bonds is 1. The van der Waals surface area contributed by atoms with Crippen molar-refractivity contribution in [1.82, 2.24) is 9.55 Å². The lowest BCUT2D eigenvalue weighted by molar-refractivity contribution is 0.394. The van der Waals surface area contributed by atoms with Gasteiger partial charge in [-0.15, -0.1) is 0 Å². The Morgan fingerprint density at radius 3 is 3.27 bits per heavy atom. The first-order chi connectivity index (χ1) is 7.33. The van der Waals surface area contributed by atoms with Crippen molar-refractivity contribution in [3.05, 3.63) is 30.4 Å². The molecule has 15 heavy (non-hydrogen) atoms. The maximum Gasteiger partial charge on any atom is 0.153 e. The van der Waals surface area contributed by atoms with Crippen LogP contribution in [0, 0.1) is 5.92 Å². The van der Waals surface area contributed by atoms with Gasteiger partial charge in [-0.2, -0.15) is 0 Å². The van der Waals surface area contributed by atoms with Crippen LogP contribution in [0.2, 0.25) is 0 Å². The van der Waals surface area contributed by atoms with Gasteiger partial charge in [0.2, 0.25) is 0 Å². The molecule has 1 aliphatic rings. The number of furan rings is 1. The van der Waals surface area contributed by atoms with E-state index in [1.165, 1.54) is 12.2 Å². The van der Waals surface area contributed by atoms with Gasteiger partial charge in [0.15, 0.2) is 5.76 Å². The summed E-state index contributed by atoms with van der Waals surface area (Å²) < 4.78 is 7.60. The first-order valence-electron chi connectivity index (χ1n) is 5.43. The minimum atomic E-state index is 0.760. The van der Waals surface area contributed by atoms with E-state index >= 15 is 0 Å². The summed E-state index contributed by atoms with van der Waals surface area (Å²) in [7, 11) is 0. The molecule has 0 radical (unpaired) electrons. The first-order valence-corrected chi connectivity index (χ1v) is 5.43. The second kappa shape index (κ2) is 3.26. The van der Waals surface area contributed by atoms with Crippen molar-refractivity contribution in [3.63, 3.8) is 0 Å². The molecule has 1 aliphatic heterocycles. The summed E-state index contributed by atoms with van der Waals surface area (Å²) >= 11 is 0. The lowest BCUT2D eigenvalue weighted by Gasteiger charge is -2.19. The molecule has 0 saturated heterocycles. The molecule has 2 aromatic rings. The van der Waals surface area contributed by atoms with E-state index in [0.29, 0.717) is 0 Å². The van der Waals surface area contributed by atoms with Gasteiger partial charge < -0.3 is 8.98 Å². The monoisotopic (exact) mass is 202 g/mol. The van der Waals surface area contributed by atoms with E-state index in [4.69, 9.17) is 4.42 Å². The smallest absolute Gasteiger partial charge is 0.153 e. The third-order valence-electron chi connectivity index (χ3n) is 3.00. The minimum absolute atomic E-state index is 0.760. The second-order valence-corrected chi connectivity index (χ2v) is 4.32. The fourth-order valence-electron chi connectivity index (χ4n) is 2.16. The number of hydrogen-bond donors (Lipinski definition) is 0. The molecule has 3 nitrogen and oxygen atoms in total. The van der Waals surface area contributed by atoms with Crippen LogP contribution in [0.1, 0.15) is 19.2 Å². The molecule has 0 amide bonds. The van der Waals surface area contributed by atoms with Crippen LogP contribution in [0.25, 0.3) is 11.5 Å². The summed E-state index contributed by atoms with van der Waals surface area (Å²) in [6.45, 7) is 3.37. The lowest BCUT2D eigenvalue weighted by Crippen LogP contribution is -2.17. The Morgan fingerprint density at radius 2 is 2.47 bits per heavy atom. The number of nitrogens with zero attached hydrogens (tertiary/aromatic N) is 2. The van der Waals surface area contributed by atoms with Crippen LogP contribution in [0.4, 0.5) is 0 Å². The van der Waals surface area contributed by atoms with Crippen LogP contribution in [0.15, 0.2) is 29.0 Å². The van der Waals surface area contributed by atoms with Crippen LogP contribution < -0.4 is 0 Å². The molecule has 2 aromatic heterocycles. The Balaban J connectivity index is 2.00. The zero-order chi connectivity index (χ0) is 10.3. The van der Waals surface area contributed by atoms with E-state index in [1.807, 2.05) is 12.1 Å². The molecule has 0 spiro atoms. The molecule has 0 aliphatic carbocycles. The van der Waals surface area contributed by atoms with Crippen LogP contribution >= 0.6 is 0 Å². The van der Waals surface area contributed by atoms with Crippen molar-refractivity contribution in [2.45, 2.75) is 26.3 Å². The highest BCUT2D eigenvalue weighted by molar-refractivity contribution is 5.51. The zero-order valence-corrected chi connectivity index (χ0v) is 8.81. The van der Waals surface area contributed by atoms with E-state index in [0.717, 1.165) is 30.3 Å². The largest absolute Gasteiger partial charge is 0.463 e. The van der Waals surface area contributed by atoms with Crippen molar-refractivity contribution in [1.29, 1.82) is 0 Å². The maximum absolute atomic E-state index is 5.35. The molecule has 3 heterocycles. The standard InChI is InChI=1S/C12H14N2O/c1-9-4-5-12-13-10(8-14(12)7-9)11-3-2-6-15-11/h2-3,6,8-9H,4-5,7H2,1H3. The average Bonchev–Trinajstić information content (AvgIpc) is 2.84. The van der Waals surface area contributed by atoms with Crippen LogP contribution in [-0.2, 0) is 13.0 Å². The molecular formula is C12H14N2O. The fraction of sp³-hybridized carbons (Fsp3) is 0.417. The van der Waals surface area contributed by atoms with E-state index in [2.05, 4.69) is 22.7 Å². The van der Waals surface area contributed by atoms with Crippen molar-refractivity contribution in [2.75, 3.05) is 0 Å². The van der Waals surface area contributed by atoms with E-state index < -0.39 is 0 Å². The molecule has 0 N–H and O–H groups in total. The van der Waals surface area contributed by atoms with E-state index in [-0.39, 0.29) is 0 Å². The normalized spacial score (nSPS) is 20.2. The highest BCUT2D eigenvalue weighted by Gasteiger charge is 2.18. The Morgan fingerprint density at radius 1 is 1.53 bits per heavy atom. The number of aryl methyl sites for hydroxylation is 1. The van der Waals surface area contributed by atoms with Gasteiger partial charge in [0, 0.05) is 19.2 Å². The Bertz CT molecular complexity index is 456. The Labute approximate surface area is 88.7 Å². The van der Waals surface area contributed by atoms with E-state index in [9.17, 15) is 0 Å². The second-order valence-electron chi connectivity index (χ2n) is 4.32. The molecular weight excluding hydrogens is 188 g/mol. The number of imidazole rings is 1. The van der Waals surface area contributed by atoms with Crippen LogP contribution in [0.3, 0.4) is 0 Å². The highest BCUT2D eigenvalue weighted by Crippen LogP contribution is 2.24. The molecule has 0 saturated carbocycles. The number of hydrogen-bond acceptors (Lipinski definition) is 2. The van der Waals surface area contributed by atoms with Crippen LogP contribution in [0.5, 0.6) is 0 Å². The molecule has 0 bridgehead atoms. The predicted octanol–water partition coefficient (Wildman–Crippen LogP) is 2.73. The average molecular weight is 202 g/mol.